The number of amides is 1. The number of hydrogen-bond donors (Lipinski definition) is 1. The summed E-state index contributed by atoms with van der Waals surface area (Å²) in [5.41, 5.74) is 0. The average molecular weight is 186 g/mol. The minimum absolute atomic E-state index is 0.0943. The van der Waals surface area contributed by atoms with Gasteiger partial charge in [-0.05, 0) is 13.5 Å². The first-order chi connectivity index (χ1) is 6.22. The molecule has 1 N–H and O–H groups in total. The van der Waals surface area contributed by atoms with Gasteiger partial charge >= 0.3 is 0 Å². The molecule has 4 heteroatoms. The molecule has 1 saturated heterocycles. The van der Waals surface area contributed by atoms with Crippen LogP contribution in [0, 0.1) is 0 Å². The van der Waals surface area contributed by atoms with Crippen LogP contribution in [0.4, 0.5) is 0 Å². The first kappa shape index (κ1) is 10.5. The molecule has 0 saturated carbocycles. The molecule has 0 aromatic heterocycles. The van der Waals surface area contributed by atoms with E-state index in [2.05, 4.69) is 17.3 Å². The molecule has 1 aliphatic rings. The number of hydrogen-bond acceptors (Lipinski definition) is 3. The van der Waals surface area contributed by atoms with Gasteiger partial charge in [-0.1, -0.05) is 0 Å². The SMILES string of the molecule is CNC(=O)CCC1CN(C)CCO1. The predicted molar refractivity (Wildman–Crippen MR) is 50.5 cm³/mol. The normalized spacial score (nSPS) is 24.3. The van der Waals surface area contributed by atoms with Gasteiger partial charge in [0.05, 0.1) is 12.7 Å². The smallest absolute Gasteiger partial charge is 0.219 e. The van der Waals surface area contributed by atoms with Gasteiger partial charge in [0.15, 0.2) is 0 Å². The zero-order valence-corrected chi connectivity index (χ0v) is 8.38. The fraction of sp³-hybridized carbons (Fsp3) is 0.889. The van der Waals surface area contributed by atoms with E-state index < -0.39 is 0 Å². The van der Waals surface area contributed by atoms with Crippen LogP contribution in [-0.2, 0) is 9.53 Å². The molecule has 1 fully saturated rings. The van der Waals surface area contributed by atoms with Crippen molar-refractivity contribution in [2.24, 2.45) is 0 Å². The van der Waals surface area contributed by atoms with Gasteiger partial charge in [-0.25, -0.2) is 0 Å². The van der Waals surface area contributed by atoms with Crippen molar-refractivity contribution in [2.45, 2.75) is 18.9 Å². The van der Waals surface area contributed by atoms with E-state index in [1.54, 1.807) is 7.05 Å². The van der Waals surface area contributed by atoms with Crippen LogP contribution in [0.25, 0.3) is 0 Å². The number of likely N-dealkylation sites (N-methyl/N-ethyl adjacent to an activating group) is 1. The molecule has 1 unspecified atom stereocenters. The molecule has 0 aliphatic carbocycles. The second kappa shape index (κ2) is 5.19. The van der Waals surface area contributed by atoms with Crippen molar-refractivity contribution in [1.82, 2.24) is 10.2 Å². The lowest BCUT2D eigenvalue weighted by Crippen LogP contribution is -2.40. The van der Waals surface area contributed by atoms with E-state index in [1.165, 1.54) is 0 Å². The quantitative estimate of drug-likeness (QED) is 0.666. The Bertz CT molecular complexity index is 173. The van der Waals surface area contributed by atoms with E-state index in [-0.39, 0.29) is 12.0 Å². The van der Waals surface area contributed by atoms with Crippen LogP contribution in [0.2, 0.25) is 0 Å². The molecule has 4 nitrogen and oxygen atoms in total. The fourth-order valence-electron chi connectivity index (χ4n) is 1.46. The van der Waals surface area contributed by atoms with Gasteiger partial charge in [0, 0.05) is 26.6 Å². The molecule has 0 radical (unpaired) electrons. The first-order valence-electron chi connectivity index (χ1n) is 4.73. The minimum Gasteiger partial charge on any atom is -0.376 e. The zero-order valence-electron chi connectivity index (χ0n) is 8.38. The molecular formula is C9H18N2O2. The van der Waals surface area contributed by atoms with Crippen LogP contribution in [0.15, 0.2) is 0 Å². The first-order valence-corrected chi connectivity index (χ1v) is 4.73. The number of carbonyl (C=O) groups is 1. The molecule has 0 bridgehead atoms. The van der Waals surface area contributed by atoms with Gasteiger partial charge in [0.25, 0.3) is 0 Å². The monoisotopic (exact) mass is 186 g/mol. The highest BCUT2D eigenvalue weighted by Gasteiger charge is 2.17. The van der Waals surface area contributed by atoms with Crippen LogP contribution in [0.1, 0.15) is 12.8 Å². The maximum atomic E-state index is 11.0. The Balaban J connectivity index is 2.17. The molecule has 76 valence electrons. The van der Waals surface area contributed by atoms with Gasteiger partial charge in [0.2, 0.25) is 5.91 Å². The Morgan fingerprint density at radius 1 is 1.69 bits per heavy atom. The molecule has 13 heavy (non-hydrogen) atoms. The summed E-state index contributed by atoms with van der Waals surface area (Å²) in [6, 6.07) is 0. The minimum atomic E-state index is 0.0943. The van der Waals surface area contributed by atoms with E-state index in [0.29, 0.717) is 6.42 Å². The molecule has 1 amide bonds. The van der Waals surface area contributed by atoms with Crippen LogP contribution < -0.4 is 5.32 Å². The Labute approximate surface area is 79.2 Å². The molecule has 1 heterocycles. The van der Waals surface area contributed by atoms with Gasteiger partial charge in [-0.15, -0.1) is 0 Å². The second-order valence-electron chi connectivity index (χ2n) is 3.47. The topological polar surface area (TPSA) is 41.6 Å². The van der Waals surface area contributed by atoms with Crippen molar-refractivity contribution in [3.05, 3.63) is 0 Å². The van der Waals surface area contributed by atoms with Crippen molar-refractivity contribution in [2.75, 3.05) is 33.8 Å². The highest BCUT2D eigenvalue weighted by atomic mass is 16.5. The average Bonchev–Trinajstić information content (AvgIpc) is 2.14. The lowest BCUT2D eigenvalue weighted by molar-refractivity contribution is -0.121. The lowest BCUT2D eigenvalue weighted by Gasteiger charge is -2.29. The van der Waals surface area contributed by atoms with Crippen molar-refractivity contribution < 1.29 is 9.53 Å². The summed E-state index contributed by atoms with van der Waals surface area (Å²) in [7, 11) is 3.74. The number of carbonyl (C=O) groups excluding carboxylic acids is 1. The molecule has 0 aromatic carbocycles. The van der Waals surface area contributed by atoms with E-state index in [0.717, 1.165) is 26.1 Å². The third-order valence-corrected chi connectivity index (χ3v) is 2.31. The van der Waals surface area contributed by atoms with E-state index in [4.69, 9.17) is 4.74 Å². The van der Waals surface area contributed by atoms with Crippen molar-refractivity contribution in [1.29, 1.82) is 0 Å². The van der Waals surface area contributed by atoms with Gasteiger partial charge in [0.1, 0.15) is 0 Å². The van der Waals surface area contributed by atoms with Crippen molar-refractivity contribution in [3.8, 4) is 0 Å². The Kier molecular flexibility index (Phi) is 4.18. The van der Waals surface area contributed by atoms with Crippen LogP contribution >= 0.6 is 0 Å². The largest absolute Gasteiger partial charge is 0.376 e. The van der Waals surface area contributed by atoms with Gasteiger partial charge in [-0.3, -0.25) is 4.79 Å². The number of nitrogens with one attached hydrogen (secondary N) is 1. The summed E-state index contributed by atoms with van der Waals surface area (Å²) < 4.78 is 5.52. The van der Waals surface area contributed by atoms with E-state index >= 15 is 0 Å². The lowest BCUT2D eigenvalue weighted by atomic mass is 10.1. The Morgan fingerprint density at radius 3 is 3.08 bits per heavy atom. The van der Waals surface area contributed by atoms with Crippen LogP contribution in [0.3, 0.4) is 0 Å². The molecule has 1 aliphatic heterocycles. The standard InChI is InChI=1S/C9H18N2O2/c1-10-9(12)4-3-8-7-11(2)5-6-13-8/h8H,3-7H2,1-2H3,(H,10,12). The third kappa shape index (κ3) is 3.74. The summed E-state index contributed by atoms with van der Waals surface area (Å²) >= 11 is 0. The van der Waals surface area contributed by atoms with Crippen molar-refractivity contribution >= 4 is 5.91 Å². The van der Waals surface area contributed by atoms with Crippen LogP contribution in [0.5, 0.6) is 0 Å². The van der Waals surface area contributed by atoms with Crippen molar-refractivity contribution in [3.63, 3.8) is 0 Å². The molecule has 1 atom stereocenters. The maximum Gasteiger partial charge on any atom is 0.219 e. The Hall–Kier alpha value is -0.610. The summed E-state index contributed by atoms with van der Waals surface area (Å²) in [5.74, 6) is 0.0943. The molecule has 0 spiro atoms. The van der Waals surface area contributed by atoms with E-state index in [1.807, 2.05) is 0 Å². The second-order valence-corrected chi connectivity index (χ2v) is 3.47. The van der Waals surface area contributed by atoms with Gasteiger partial charge in [-0.2, -0.15) is 0 Å². The highest BCUT2D eigenvalue weighted by molar-refractivity contribution is 5.75. The number of ether oxygens (including phenoxy) is 1. The number of morpholine rings is 1. The molecule has 1 rings (SSSR count). The number of rotatable bonds is 3. The van der Waals surface area contributed by atoms with Gasteiger partial charge < -0.3 is 15.0 Å². The summed E-state index contributed by atoms with van der Waals surface area (Å²) in [6.07, 6.45) is 1.62. The third-order valence-electron chi connectivity index (χ3n) is 2.31. The van der Waals surface area contributed by atoms with E-state index in [9.17, 15) is 4.79 Å². The summed E-state index contributed by atoms with van der Waals surface area (Å²) in [5, 5.41) is 2.61. The summed E-state index contributed by atoms with van der Waals surface area (Å²) in [4.78, 5) is 13.2. The van der Waals surface area contributed by atoms with Crippen LogP contribution in [-0.4, -0.2) is 50.7 Å². The summed E-state index contributed by atoms with van der Waals surface area (Å²) in [6.45, 7) is 2.72. The number of nitrogens with zero attached hydrogens (tertiary/aromatic N) is 1. The maximum absolute atomic E-state index is 11.0. The molecular weight excluding hydrogens is 168 g/mol. The zero-order chi connectivity index (χ0) is 9.68. The highest BCUT2D eigenvalue weighted by Crippen LogP contribution is 2.08. The predicted octanol–water partition coefficient (Wildman–Crippen LogP) is -0.157. The molecule has 0 aromatic rings. The Morgan fingerprint density at radius 2 is 2.46 bits per heavy atom. The fourth-order valence-corrected chi connectivity index (χ4v) is 1.46.